The largest absolute Gasteiger partial charge is 0.394 e. The maximum absolute atomic E-state index is 11.8. The Hall–Kier alpha value is -1.40. The van der Waals surface area contributed by atoms with Gasteiger partial charge in [-0.2, -0.15) is 0 Å². The minimum Gasteiger partial charge on any atom is -0.394 e. The summed E-state index contributed by atoms with van der Waals surface area (Å²) in [7, 11) is 0. The highest BCUT2D eigenvalue weighted by Gasteiger charge is 2.37. The third kappa shape index (κ3) is 3.58. The topological polar surface area (TPSA) is 78.4 Å². The number of halogens is 1. The summed E-state index contributed by atoms with van der Waals surface area (Å²) in [5.74, 6) is -0.566. The van der Waals surface area contributed by atoms with Crippen molar-refractivity contribution < 1.29 is 14.7 Å². The zero-order valence-electron chi connectivity index (χ0n) is 11.0. The van der Waals surface area contributed by atoms with E-state index in [-0.39, 0.29) is 25.0 Å². The fourth-order valence-electron chi connectivity index (χ4n) is 2.13. The number of nitrogens with one attached hydrogen (secondary N) is 2. The van der Waals surface area contributed by atoms with Gasteiger partial charge in [-0.05, 0) is 43.5 Å². The van der Waals surface area contributed by atoms with Gasteiger partial charge >= 0.3 is 0 Å². The first kappa shape index (κ1) is 15.0. The molecule has 3 N–H and O–H groups in total. The van der Waals surface area contributed by atoms with E-state index in [4.69, 9.17) is 0 Å². The van der Waals surface area contributed by atoms with Crippen LogP contribution in [0.1, 0.15) is 29.6 Å². The van der Waals surface area contributed by atoms with Crippen LogP contribution in [0.2, 0.25) is 0 Å². The lowest BCUT2D eigenvalue weighted by atomic mass is 9.77. The van der Waals surface area contributed by atoms with Crippen molar-refractivity contribution in [2.75, 3.05) is 13.2 Å². The zero-order chi connectivity index (χ0) is 14.6. The van der Waals surface area contributed by atoms with Gasteiger partial charge < -0.3 is 15.7 Å². The van der Waals surface area contributed by atoms with Crippen molar-refractivity contribution in [2.24, 2.45) is 0 Å². The molecule has 2 amide bonds. The number of hydrogen-bond acceptors (Lipinski definition) is 3. The molecular formula is C14H17BrN2O3. The smallest absolute Gasteiger partial charge is 0.251 e. The molecule has 1 aromatic rings. The fraction of sp³-hybridized carbons (Fsp3) is 0.429. The molecule has 0 saturated heterocycles. The first-order valence-corrected chi connectivity index (χ1v) is 7.30. The molecule has 0 spiro atoms. The number of rotatable bonds is 5. The van der Waals surface area contributed by atoms with Gasteiger partial charge in [0.15, 0.2) is 0 Å². The molecule has 0 aromatic heterocycles. The summed E-state index contributed by atoms with van der Waals surface area (Å²) in [6.45, 7) is -0.143. The minimum absolute atomic E-state index is 0.0562. The minimum atomic E-state index is -0.473. The number of amides is 2. The molecule has 0 aliphatic heterocycles. The molecule has 1 fully saturated rings. The molecule has 6 heteroatoms. The molecule has 0 radical (unpaired) electrons. The molecule has 5 nitrogen and oxygen atoms in total. The van der Waals surface area contributed by atoms with Crippen LogP contribution < -0.4 is 10.6 Å². The molecular weight excluding hydrogens is 324 g/mol. The molecule has 1 saturated carbocycles. The van der Waals surface area contributed by atoms with Crippen LogP contribution in [0.5, 0.6) is 0 Å². The Morgan fingerprint density at radius 3 is 2.40 bits per heavy atom. The van der Waals surface area contributed by atoms with Crippen LogP contribution in [0.15, 0.2) is 28.7 Å². The maximum Gasteiger partial charge on any atom is 0.251 e. The third-order valence-electron chi connectivity index (χ3n) is 3.53. The Bertz CT molecular complexity index is 492. The van der Waals surface area contributed by atoms with Crippen molar-refractivity contribution in [3.63, 3.8) is 0 Å². The van der Waals surface area contributed by atoms with E-state index in [1.807, 2.05) is 0 Å². The normalized spacial score (nSPS) is 16.1. The van der Waals surface area contributed by atoms with Crippen molar-refractivity contribution in [1.29, 1.82) is 0 Å². The summed E-state index contributed by atoms with van der Waals surface area (Å²) in [6, 6.07) is 6.89. The number of benzene rings is 1. The number of aliphatic hydroxyl groups is 1. The van der Waals surface area contributed by atoms with Gasteiger partial charge in [-0.1, -0.05) is 15.9 Å². The van der Waals surface area contributed by atoms with Crippen molar-refractivity contribution >= 4 is 27.7 Å². The fourth-order valence-corrected chi connectivity index (χ4v) is 2.39. The highest BCUT2D eigenvalue weighted by Crippen LogP contribution is 2.30. The van der Waals surface area contributed by atoms with Crippen molar-refractivity contribution in [1.82, 2.24) is 10.6 Å². The second-order valence-corrected chi connectivity index (χ2v) is 5.95. The maximum atomic E-state index is 11.8. The van der Waals surface area contributed by atoms with E-state index < -0.39 is 5.54 Å². The predicted octanol–water partition coefficient (Wildman–Crippen LogP) is 1.21. The molecule has 0 bridgehead atoms. The number of carbonyl (C=O) groups is 2. The molecule has 0 heterocycles. The average Bonchev–Trinajstić information content (AvgIpc) is 2.41. The lowest BCUT2D eigenvalue weighted by Crippen LogP contribution is -2.57. The van der Waals surface area contributed by atoms with Gasteiger partial charge in [0.05, 0.1) is 18.7 Å². The molecule has 0 unspecified atom stereocenters. The molecule has 108 valence electrons. The van der Waals surface area contributed by atoms with Crippen LogP contribution in [0, 0.1) is 0 Å². The number of carbonyl (C=O) groups excluding carboxylic acids is 2. The average molecular weight is 341 g/mol. The monoisotopic (exact) mass is 340 g/mol. The quantitative estimate of drug-likeness (QED) is 0.753. The number of hydrogen-bond donors (Lipinski definition) is 3. The van der Waals surface area contributed by atoms with E-state index in [9.17, 15) is 14.7 Å². The van der Waals surface area contributed by atoms with Gasteiger partial charge in [-0.15, -0.1) is 0 Å². The van der Waals surface area contributed by atoms with Gasteiger partial charge in [0, 0.05) is 10.0 Å². The first-order valence-electron chi connectivity index (χ1n) is 6.50. The summed E-state index contributed by atoms with van der Waals surface area (Å²) in [4.78, 5) is 23.6. The van der Waals surface area contributed by atoms with Gasteiger partial charge in [-0.3, -0.25) is 9.59 Å². The summed E-state index contributed by atoms with van der Waals surface area (Å²) in [5, 5.41) is 14.6. The van der Waals surface area contributed by atoms with E-state index >= 15 is 0 Å². The SMILES string of the molecule is O=C(CNC(=O)c1ccc(Br)cc1)NC1(CO)CCC1. The molecule has 0 atom stereocenters. The summed E-state index contributed by atoms with van der Waals surface area (Å²) in [5.41, 5.74) is 0.0286. The highest BCUT2D eigenvalue weighted by molar-refractivity contribution is 9.10. The zero-order valence-corrected chi connectivity index (χ0v) is 12.6. The lowest BCUT2D eigenvalue weighted by Gasteiger charge is -2.40. The number of aliphatic hydroxyl groups excluding tert-OH is 1. The van der Waals surface area contributed by atoms with Crippen molar-refractivity contribution in [3.05, 3.63) is 34.3 Å². The van der Waals surface area contributed by atoms with E-state index in [0.717, 1.165) is 23.7 Å². The summed E-state index contributed by atoms with van der Waals surface area (Å²) < 4.78 is 0.890. The predicted molar refractivity (Wildman–Crippen MR) is 78.3 cm³/mol. The molecule has 20 heavy (non-hydrogen) atoms. The summed E-state index contributed by atoms with van der Waals surface area (Å²) >= 11 is 3.29. The second kappa shape index (κ2) is 6.37. The second-order valence-electron chi connectivity index (χ2n) is 5.03. The van der Waals surface area contributed by atoms with E-state index in [1.165, 1.54) is 0 Å². The van der Waals surface area contributed by atoms with Gasteiger partial charge in [-0.25, -0.2) is 0 Å². The van der Waals surface area contributed by atoms with E-state index in [0.29, 0.717) is 5.56 Å². The summed E-state index contributed by atoms with van der Waals surface area (Å²) in [6.07, 6.45) is 2.58. The van der Waals surface area contributed by atoms with Gasteiger partial charge in [0.1, 0.15) is 0 Å². The van der Waals surface area contributed by atoms with Gasteiger partial charge in [0.2, 0.25) is 5.91 Å². The molecule has 1 aromatic carbocycles. The van der Waals surface area contributed by atoms with Crippen molar-refractivity contribution in [2.45, 2.75) is 24.8 Å². The molecule has 2 rings (SSSR count). The van der Waals surface area contributed by atoms with Crippen LogP contribution in [0.4, 0.5) is 0 Å². The Morgan fingerprint density at radius 1 is 1.25 bits per heavy atom. The van der Waals surface area contributed by atoms with Crippen LogP contribution >= 0.6 is 15.9 Å². The van der Waals surface area contributed by atoms with E-state index in [2.05, 4.69) is 26.6 Å². The van der Waals surface area contributed by atoms with E-state index in [1.54, 1.807) is 24.3 Å². The highest BCUT2D eigenvalue weighted by atomic mass is 79.9. The van der Waals surface area contributed by atoms with Crippen LogP contribution in [-0.2, 0) is 4.79 Å². The Morgan fingerprint density at radius 2 is 1.90 bits per heavy atom. The van der Waals surface area contributed by atoms with Gasteiger partial charge in [0.25, 0.3) is 5.91 Å². The first-order chi connectivity index (χ1) is 9.54. The lowest BCUT2D eigenvalue weighted by molar-refractivity contribution is -0.124. The third-order valence-corrected chi connectivity index (χ3v) is 4.06. The Balaban J connectivity index is 1.81. The van der Waals surface area contributed by atoms with Crippen LogP contribution in [-0.4, -0.2) is 35.6 Å². The van der Waals surface area contributed by atoms with Crippen LogP contribution in [0.3, 0.4) is 0 Å². The standard InChI is InChI=1S/C14H17BrN2O3/c15-11-4-2-10(3-5-11)13(20)16-8-12(19)17-14(9-18)6-1-7-14/h2-5,18H,1,6-9H2,(H,16,20)(H,17,19). The van der Waals surface area contributed by atoms with Crippen molar-refractivity contribution in [3.8, 4) is 0 Å². The Labute approximate surface area is 125 Å². The Kier molecular flexibility index (Phi) is 4.77. The molecule has 1 aliphatic rings. The molecule has 1 aliphatic carbocycles. The van der Waals surface area contributed by atoms with Crippen LogP contribution in [0.25, 0.3) is 0 Å².